The zero-order chi connectivity index (χ0) is 19.0. The molecule has 0 fully saturated rings. The first-order valence-electron chi connectivity index (χ1n) is 8.38. The minimum atomic E-state index is -0.866. The van der Waals surface area contributed by atoms with Crippen LogP contribution in [0.5, 0.6) is 11.5 Å². The second-order valence-electron chi connectivity index (χ2n) is 6.23. The third-order valence-electron chi connectivity index (χ3n) is 4.56. The second kappa shape index (κ2) is 6.64. The lowest BCUT2D eigenvalue weighted by Gasteiger charge is -2.13. The van der Waals surface area contributed by atoms with Gasteiger partial charge >= 0.3 is 11.8 Å². The summed E-state index contributed by atoms with van der Waals surface area (Å²) < 4.78 is 10.5. The van der Waals surface area contributed by atoms with Gasteiger partial charge in [0.15, 0.2) is 11.5 Å². The highest BCUT2D eigenvalue weighted by atomic mass is 16.7. The summed E-state index contributed by atoms with van der Waals surface area (Å²) in [5.41, 5.74) is 2.15. The van der Waals surface area contributed by atoms with Gasteiger partial charge in [-0.25, -0.2) is 0 Å². The van der Waals surface area contributed by atoms with E-state index in [1.165, 1.54) is 4.90 Å². The topological polar surface area (TPSA) is 97.0 Å². The molecule has 8 nitrogen and oxygen atoms in total. The van der Waals surface area contributed by atoms with Gasteiger partial charge in [-0.05, 0) is 23.8 Å². The van der Waals surface area contributed by atoms with E-state index in [1.54, 1.807) is 43.4 Å². The maximum absolute atomic E-state index is 12.4. The fraction of sp³-hybridized carbons (Fsp3) is 0.211. The van der Waals surface area contributed by atoms with Crippen molar-refractivity contribution in [3.05, 3.63) is 53.6 Å². The number of benzene rings is 2. The minimum absolute atomic E-state index is 0.151. The lowest BCUT2D eigenvalue weighted by molar-refractivity contribution is -0.140. The van der Waals surface area contributed by atoms with Crippen molar-refractivity contribution in [3.63, 3.8) is 0 Å². The second-order valence-corrected chi connectivity index (χ2v) is 6.23. The lowest BCUT2D eigenvalue weighted by atomic mass is 10.1. The molecule has 1 atom stereocenters. The number of hydrogen-bond donors (Lipinski definition) is 2. The minimum Gasteiger partial charge on any atom is -0.454 e. The highest BCUT2D eigenvalue weighted by molar-refractivity contribution is 6.35. The van der Waals surface area contributed by atoms with Crippen LogP contribution in [0.1, 0.15) is 17.2 Å². The Morgan fingerprint density at radius 1 is 1.11 bits per heavy atom. The SMILES string of the molecule is CN1C(=O)[C@@H](NC(=O)C(=O)NCc2ccc3c(c2)OCO3)c2ccccc21. The number of rotatable bonds is 3. The van der Waals surface area contributed by atoms with Gasteiger partial charge in [0.25, 0.3) is 5.91 Å². The number of ether oxygens (including phenoxy) is 2. The van der Waals surface area contributed by atoms with E-state index in [0.717, 1.165) is 5.56 Å². The molecule has 0 spiro atoms. The van der Waals surface area contributed by atoms with E-state index in [2.05, 4.69) is 10.6 Å². The van der Waals surface area contributed by atoms with Crippen molar-refractivity contribution < 1.29 is 23.9 Å². The fourth-order valence-electron chi connectivity index (χ4n) is 3.13. The van der Waals surface area contributed by atoms with E-state index in [0.29, 0.717) is 22.7 Å². The highest BCUT2D eigenvalue weighted by Gasteiger charge is 2.36. The largest absolute Gasteiger partial charge is 0.454 e. The van der Waals surface area contributed by atoms with Crippen LogP contribution in [0.25, 0.3) is 0 Å². The van der Waals surface area contributed by atoms with Crippen LogP contribution in [-0.2, 0) is 20.9 Å². The van der Waals surface area contributed by atoms with Crippen LogP contribution in [0.3, 0.4) is 0 Å². The van der Waals surface area contributed by atoms with Crippen molar-refractivity contribution >= 4 is 23.4 Å². The van der Waals surface area contributed by atoms with Gasteiger partial charge in [-0.2, -0.15) is 0 Å². The molecule has 2 aromatic rings. The third kappa shape index (κ3) is 3.05. The molecule has 3 amide bonds. The molecule has 0 unspecified atom stereocenters. The molecule has 0 saturated carbocycles. The van der Waals surface area contributed by atoms with Crippen LogP contribution < -0.4 is 25.0 Å². The molecule has 2 aliphatic rings. The van der Waals surface area contributed by atoms with Crippen molar-refractivity contribution in [3.8, 4) is 11.5 Å². The van der Waals surface area contributed by atoms with Crippen LogP contribution in [0, 0.1) is 0 Å². The Bertz CT molecular complexity index is 943. The predicted octanol–water partition coefficient (Wildman–Crippen LogP) is 0.865. The molecule has 8 heteroatoms. The number of para-hydroxylation sites is 1. The summed E-state index contributed by atoms with van der Waals surface area (Å²) in [5, 5.41) is 5.05. The number of hydrogen-bond acceptors (Lipinski definition) is 5. The molecular weight excluding hydrogens is 350 g/mol. The first-order valence-corrected chi connectivity index (χ1v) is 8.38. The van der Waals surface area contributed by atoms with Crippen LogP contribution in [0.15, 0.2) is 42.5 Å². The molecule has 2 N–H and O–H groups in total. The maximum Gasteiger partial charge on any atom is 0.310 e. The van der Waals surface area contributed by atoms with E-state index in [1.807, 2.05) is 6.07 Å². The van der Waals surface area contributed by atoms with Crippen molar-refractivity contribution in [2.75, 3.05) is 18.7 Å². The number of carbonyl (C=O) groups excluding carboxylic acids is 3. The number of likely N-dealkylation sites (N-methyl/N-ethyl adjacent to an activating group) is 1. The highest BCUT2D eigenvalue weighted by Crippen LogP contribution is 2.34. The van der Waals surface area contributed by atoms with Crippen molar-refractivity contribution in [2.45, 2.75) is 12.6 Å². The Morgan fingerprint density at radius 3 is 2.74 bits per heavy atom. The Kier molecular flexibility index (Phi) is 4.15. The van der Waals surface area contributed by atoms with Crippen molar-refractivity contribution in [1.82, 2.24) is 10.6 Å². The summed E-state index contributed by atoms with van der Waals surface area (Å²) in [6, 6.07) is 11.5. The zero-order valence-corrected chi connectivity index (χ0v) is 14.5. The Balaban J connectivity index is 1.39. The molecule has 0 bridgehead atoms. The molecule has 2 aliphatic heterocycles. The number of anilines is 1. The lowest BCUT2D eigenvalue weighted by Crippen LogP contribution is -2.43. The number of amides is 3. The summed E-state index contributed by atoms with van der Waals surface area (Å²) >= 11 is 0. The number of carbonyl (C=O) groups is 3. The smallest absolute Gasteiger partial charge is 0.310 e. The van der Waals surface area contributed by atoms with Crippen molar-refractivity contribution in [1.29, 1.82) is 0 Å². The van der Waals surface area contributed by atoms with Crippen LogP contribution in [0.4, 0.5) is 5.69 Å². The van der Waals surface area contributed by atoms with Gasteiger partial charge in [0.05, 0.1) is 0 Å². The van der Waals surface area contributed by atoms with Gasteiger partial charge in [-0.1, -0.05) is 24.3 Å². The number of nitrogens with one attached hydrogen (secondary N) is 2. The molecule has 4 rings (SSSR count). The molecule has 2 heterocycles. The fourth-order valence-corrected chi connectivity index (χ4v) is 3.13. The summed E-state index contributed by atoms with van der Waals surface area (Å²) in [5.74, 6) is -0.715. The summed E-state index contributed by atoms with van der Waals surface area (Å²) in [6.45, 7) is 0.316. The van der Waals surface area contributed by atoms with E-state index in [9.17, 15) is 14.4 Å². The average Bonchev–Trinajstić information content (AvgIpc) is 3.24. The molecule has 0 aliphatic carbocycles. The van der Waals surface area contributed by atoms with Crippen LogP contribution >= 0.6 is 0 Å². The zero-order valence-electron chi connectivity index (χ0n) is 14.5. The Labute approximate surface area is 155 Å². The van der Waals surface area contributed by atoms with Gasteiger partial charge in [0, 0.05) is 24.8 Å². The molecule has 2 aromatic carbocycles. The quantitative estimate of drug-likeness (QED) is 0.785. The Morgan fingerprint density at radius 2 is 1.89 bits per heavy atom. The normalized spacial score (nSPS) is 16.9. The van der Waals surface area contributed by atoms with E-state index >= 15 is 0 Å². The van der Waals surface area contributed by atoms with Crippen LogP contribution in [0.2, 0.25) is 0 Å². The van der Waals surface area contributed by atoms with Crippen LogP contribution in [-0.4, -0.2) is 31.6 Å². The first kappa shape index (κ1) is 16.9. The Hall–Kier alpha value is -3.55. The monoisotopic (exact) mass is 367 g/mol. The van der Waals surface area contributed by atoms with E-state index in [4.69, 9.17) is 9.47 Å². The summed E-state index contributed by atoms with van der Waals surface area (Å²) in [4.78, 5) is 38.2. The molecule has 0 aromatic heterocycles. The summed E-state index contributed by atoms with van der Waals surface area (Å²) in [6.07, 6.45) is 0. The molecule has 138 valence electrons. The molecule has 0 radical (unpaired) electrons. The van der Waals surface area contributed by atoms with Gasteiger partial charge in [0.1, 0.15) is 6.04 Å². The molecule has 27 heavy (non-hydrogen) atoms. The maximum atomic E-state index is 12.4. The first-order chi connectivity index (χ1) is 13.0. The van der Waals surface area contributed by atoms with Gasteiger partial charge in [-0.15, -0.1) is 0 Å². The molecule has 0 saturated heterocycles. The molecular formula is C19H17N3O5. The van der Waals surface area contributed by atoms with Gasteiger partial charge in [0.2, 0.25) is 6.79 Å². The third-order valence-corrected chi connectivity index (χ3v) is 4.56. The predicted molar refractivity (Wildman–Crippen MR) is 95.1 cm³/mol. The van der Waals surface area contributed by atoms with Gasteiger partial charge < -0.3 is 25.0 Å². The average molecular weight is 367 g/mol. The van der Waals surface area contributed by atoms with Crippen molar-refractivity contribution in [2.24, 2.45) is 0 Å². The van der Waals surface area contributed by atoms with Gasteiger partial charge in [-0.3, -0.25) is 14.4 Å². The summed E-state index contributed by atoms with van der Waals surface area (Å²) in [7, 11) is 1.63. The number of nitrogens with zero attached hydrogens (tertiary/aromatic N) is 1. The van der Waals surface area contributed by atoms with E-state index in [-0.39, 0.29) is 19.2 Å². The van der Waals surface area contributed by atoms with E-state index < -0.39 is 17.9 Å². The standard InChI is InChI=1S/C19H17N3O5/c1-22-13-5-3-2-4-12(13)16(19(22)25)21-18(24)17(23)20-9-11-6-7-14-15(8-11)27-10-26-14/h2-8,16H,9-10H2,1H3,(H,20,23)(H,21,24)/t16-/m0/s1. The number of fused-ring (bicyclic) bond motifs is 2.